The van der Waals surface area contributed by atoms with Crippen LogP contribution in [0.5, 0.6) is 23.0 Å². The number of methoxy groups -OCH3 is 4. The molecule has 192 valence electrons. The number of ketones is 1. The Balaban J connectivity index is 1.82. The van der Waals surface area contributed by atoms with Gasteiger partial charge in [0, 0.05) is 28.3 Å². The topological polar surface area (TPSA) is 113 Å². The SMILES string of the molecule is COc1ccc(S(=O)(=O)Nc2ccc(-c3nccs3)cc2C(=O)c2cc(OC)c(OC)c(OC)c2)cc1. The Morgan fingerprint density at radius 2 is 1.54 bits per heavy atom. The number of nitrogens with one attached hydrogen (secondary N) is 1. The molecule has 1 N–H and O–H groups in total. The van der Waals surface area contributed by atoms with Gasteiger partial charge in [0.2, 0.25) is 5.75 Å². The molecule has 0 unspecified atom stereocenters. The lowest BCUT2D eigenvalue weighted by atomic mass is 9.99. The van der Waals surface area contributed by atoms with Crippen molar-refractivity contribution in [2.75, 3.05) is 33.2 Å². The van der Waals surface area contributed by atoms with E-state index >= 15 is 0 Å². The number of carbonyl (C=O) groups is 1. The smallest absolute Gasteiger partial charge is 0.261 e. The lowest BCUT2D eigenvalue weighted by molar-refractivity contribution is 0.103. The second-order valence-electron chi connectivity index (χ2n) is 7.62. The fourth-order valence-corrected chi connectivity index (χ4v) is 5.36. The first-order chi connectivity index (χ1) is 17.8. The highest BCUT2D eigenvalue weighted by Crippen LogP contribution is 2.39. The molecular formula is C26H24N2O7S2. The average molecular weight is 541 g/mol. The van der Waals surface area contributed by atoms with Crippen molar-refractivity contribution in [1.29, 1.82) is 0 Å². The van der Waals surface area contributed by atoms with Crippen molar-refractivity contribution in [2.24, 2.45) is 0 Å². The Morgan fingerprint density at radius 1 is 0.865 bits per heavy atom. The van der Waals surface area contributed by atoms with E-state index in [1.807, 2.05) is 5.38 Å². The molecule has 0 radical (unpaired) electrons. The van der Waals surface area contributed by atoms with Crippen molar-refractivity contribution in [3.8, 4) is 33.6 Å². The van der Waals surface area contributed by atoms with Gasteiger partial charge < -0.3 is 18.9 Å². The summed E-state index contributed by atoms with van der Waals surface area (Å²) in [4.78, 5) is 18.1. The number of carbonyl (C=O) groups excluding carboxylic acids is 1. The van der Waals surface area contributed by atoms with E-state index in [1.165, 1.54) is 64.0 Å². The highest BCUT2D eigenvalue weighted by atomic mass is 32.2. The molecule has 0 saturated carbocycles. The zero-order chi connectivity index (χ0) is 26.6. The maximum absolute atomic E-state index is 13.8. The Labute approximate surface area is 218 Å². The van der Waals surface area contributed by atoms with Crippen molar-refractivity contribution in [1.82, 2.24) is 4.98 Å². The van der Waals surface area contributed by atoms with E-state index in [-0.39, 0.29) is 21.7 Å². The van der Waals surface area contributed by atoms with Crippen LogP contribution in [0, 0.1) is 0 Å². The minimum atomic E-state index is -4.02. The number of sulfonamides is 1. The van der Waals surface area contributed by atoms with Crippen LogP contribution in [0.3, 0.4) is 0 Å². The second-order valence-corrected chi connectivity index (χ2v) is 10.2. The number of ether oxygens (including phenoxy) is 4. The molecule has 4 rings (SSSR count). The summed E-state index contributed by atoms with van der Waals surface area (Å²) in [7, 11) is 1.83. The van der Waals surface area contributed by atoms with Gasteiger partial charge in [0.25, 0.3) is 10.0 Å². The van der Waals surface area contributed by atoms with Crippen LogP contribution >= 0.6 is 11.3 Å². The number of rotatable bonds is 10. The number of thiazole rings is 1. The first-order valence-corrected chi connectivity index (χ1v) is 13.2. The molecule has 0 saturated heterocycles. The van der Waals surface area contributed by atoms with Crippen LogP contribution in [0.15, 0.2) is 71.1 Å². The fourth-order valence-electron chi connectivity index (χ4n) is 3.65. The molecule has 11 heteroatoms. The molecule has 0 fully saturated rings. The third-order valence-electron chi connectivity index (χ3n) is 5.48. The van der Waals surface area contributed by atoms with Crippen LogP contribution in [0.4, 0.5) is 5.69 Å². The average Bonchev–Trinajstić information content (AvgIpc) is 3.47. The molecule has 3 aromatic carbocycles. The molecule has 9 nitrogen and oxygen atoms in total. The summed E-state index contributed by atoms with van der Waals surface area (Å²) < 4.78 is 50.1. The van der Waals surface area contributed by atoms with Crippen molar-refractivity contribution in [2.45, 2.75) is 4.90 Å². The van der Waals surface area contributed by atoms with E-state index in [4.69, 9.17) is 18.9 Å². The normalized spacial score (nSPS) is 11.0. The molecular weight excluding hydrogens is 516 g/mol. The van der Waals surface area contributed by atoms with Gasteiger partial charge >= 0.3 is 0 Å². The van der Waals surface area contributed by atoms with Crippen LogP contribution in [-0.2, 0) is 10.0 Å². The Morgan fingerprint density at radius 3 is 2.08 bits per heavy atom. The van der Waals surface area contributed by atoms with E-state index in [9.17, 15) is 13.2 Å². The quantitative estimate of drug-likeness (QED) is 0.283. The van der Waals surface area contributed by atoms with Gasteiger partial charge in [0.15, 0.2) is 17.3 Å². The van der Waals surface area contributed by atoms with Gasteiger partial charge in [0.1, 0.15) is 10.8 Å². The molecule has 4 aromatic rings. The van der Waals surface area contributed by atoms with Crippen molar-refractivity contribution in [3.05, 3.63) is 77.3 Å². The fraction of sp³-hybridized carbons (Fsp3) is 0.154. The van der Waals surface area contributed by atoms with Crippen LogP contribution in [0.1, 0.15) is 15.9 Å². The lowest BCUT2D eigenvalue weighted by Gasteiger charge is -2.16. The van der Waals surface area contributed by atoms with Crippen LogP contribution < -0.4 is 23.7 Å². The van der Waals surface area contributed by atoms with Gasteiger partial charge in [-0.3, -0.25) is 9.52 Å². The summed E-state index contributed by atoms with van der Waals surface area (Å²) >= 11 is 1.40. The number of hydrogen-bond acceptors (Lipinski definition) is 9. The summed E-state index contributed by atoms with van der Waals surface area (Å²) in [5.41, 5.74) is 1.11. The van der Waals surface area contributed by atoms with Crippen molar-refractivity contribution < 1.29 is 32.2 Å². The van der Waals surface area contributed by atoms with E-state index in [2.05, 4.69) is 9.71 Å². The molecule has 0 amide bonds. The van der Waals surface area contributed by atoms with E-state index in [0.29, 0.717) is 33.6 Å². The Kier molecular flexibility index (Phi) is 7.65. The zero-order valence-electron chi connectivity index (χ0n) is 20.5. The van der Waals surface area contributed by atoms with Gasteiger partial charge in [-0.25, -0.2) is 13.4 Å². The van der Waals surface area contributed by atoms with Crippen LogP contribution in [0.2, 0.25) is 0 Å². The number of benzene rings is 3. The molecule has 0 atom stereocenters. The van der Waals surface area contributed by atoms with Gasteiger partial charge in [0.05, 0.1) is 39.0 Å². The van der Waals surface area contributed by atoms with Crippen LogP contribution in [-0.4, -0.2) is 47.6 Å². The number of aromatic nitrogens is 1. The highest BCUT2D eigenvalue weighted by Gasteiger charge is 2.24. The third-order valence-corrected chi connectivity index (χ3v) is 7.69. The van der Waals surface area contributed by atoms with Crippen LogP contribution in [0.25, 0.3) is 10.6 Å². The maximum atomic E-state index is 13.8. The minimum absolute atomic E-state index is 0.0171. The minimum Gasteiger partial charge on any atom is -0.497 e. The Bertz CT molecular complexity index is 1490. The predicted molar refractivity (Wildman–Crippen MR) is 141 cm³/mol. The summed E-state index contributed by atoms with van der Waals surface area (Å²) in [6, 6.07) is 13.8. The molecule has 0 bridgehead atoms. The largest absolute Gasteiger partial charge is 0.497 e. The number of hydrogen-bond donors (Lipinski definition) is 1. The number of nitrogens with zero attached hydrogens (tertiary/aromatic N) is 1. The first kappa shape index (κ1) is 26.0. The van der Waals surface area contributed by atoms with Gasteiger partial charge in [-0.05, 0) is 54.6 Å². The molecule has 0 aliphatic heterocycles. The lowest BCUT2D eigenvalue weighted by Crippen LogP contribution is -2.16. The molecule has 0 spiro atoms. The third kappa shape index (κ3) is 5.37. The standard InChI is InChI=1S/C26H24N2O7S2/c1-32-18-6-8-19(9-7-18)37(30,31)28-21-10-5-16(26-27-11-12-36-26)13-20(21)24(29)17-14-22(33-2)25(35-4)23(15-17)34-3/h5-15,28H,1-4H3. The first-order valence-electron chi connectivity index (χ1n) is 10.9. The van der Waals surface area contributed by atoms with Gasteiger partial charge in [-0.15, -0.1) is 11.3 Å². The van der Waals surface area contributed by atoms with Gasteiger partial charge in [-0.2, -0.15) is 0 Å². The molecule has 1 heterocycles. The summed E-state index contributed by atoms with van der Waals surface area (Å²) in [6.07, 6.45) is 1.65. The van der Waals surface area contributed by atoms with Gasteiger partial charge in [-0.1, -0.05) is 0 Å². The molecule has 1 aromatic heterocycles. The highest BCUT2D eigenvalue weighted by molar-refractivity contribution is 7.92. The predicted octanol–water partition coefficient (Wildman–Crippen LogP) is 4.88. The second kappa shape index (κ2) is 10.9. The molecule has 37 heavy (non-hydrogen) atoms. The summed E-state index contributed by atoms with van der Waals surface area (Å²) in [5.74, 6) is 0.983. The molecule has 0 aliphatic rings. The summed E-state index contributed by atoms with van der Waals surface area (Å²) in [5, 5.41) is 2.50. The molecule has 0 aliphatic carbocycles. The van der Waals surface area contributed by atoms with E-state index in [0.717, 1.165) is 0 Å². The van der Waals surface area contributed by atoms with E-state index < -0.39 is 15.8 Å². The zero-order valence-corrected chi connectivity index (χ0v) is 22.1. The maximum Gasteiger partial charge on any atom is 0.261 e. The van der Waals surface area contributed by atoms with E-state index in [1.54, 1.807) is 36.5 Å². The van der Waals surface area contributed by atoms with Crippen molar-refractivity contribution in [3.63, 3.8) is 0 Å². The van der Waals surface area contributed by atoms with Crippen molar-refractivity contribution >= 4 is 32.8 Å². The Hall–Kier alpha value is -4.09. The monoisotopic (exact) mass is 540 g/mol. The summed E-state index contributed by atoms with van der Waals surface area (Å²) in [6.45, 7) is 0. The number of anilines is 1.